The molecular formula is C18H17FN2O6. The predicted octanol–water partition coefficient (Wildman–Crippen LogP) is 3.07. The zero-order valence-corrected chi connectivity index (χ0v) is 14.6. The molecular weight excluding hydrogens is 359 g/mol. The molecule has 0 heterocycles. The Labute approximate surface area is 154 Å². The SMILES string of the molecule is CC(C)(Oc1ccc(F)cc1)C(=O)OCC(=O)Nc1cccc([N+](=O)[O-])c1. The van der Waals surface area contributed by atoms with Crippen molar-refractivity contribution in [3.8, 4) is 5.75 Å². The molecule has 0 unspecified atom stereocenters. The van der Waals surface area contributed by atoms with Crippen LogP contribution >= 0.6 is 0 Å². The fraction of sp³-hybridized carbons (Fsp3) is 0.222. The molecule has 0 spiro atoms. The van der Waals surface area contributed by atoms with Gasteiger partial charge in [0, 0.05) is 17.8 Å². The number of nitro groups is 1. The third kappa shape index (κ3) is 5.77. The van der Waals surface area contributed by atoms with Gasteiger partial charge in [0.1, 0.15) is 11.6 Å². The largest absolute Gasteiger partial charge is 0.476 e. The van der Waals surface area contributed by atoms with E-state index in [0.717, 1.165) is 0 Å². The van der Waals surface area contributed by atoms with Crippen LogP contribution in [0.3, 0.4) is 0 Å². The van der Waals surface area contributed by atoms with Crippen molar-refractivity contribution in [2.75, 3.05) is 11.9 Å². The van der Waals surface area contributed by atoms with E-state index < -0.39 is 34.8 Å². The Morgan fingerprint density at radius 2 is 1.85 bits per heavy atom. The first-order valence-electron chi connectivity index (χ1n) is 7.83. The average Bonchev–Trinajstić information content (AvgIpc) is 2.61. The fourth-order valence-corrected chi connectivity index (χ4v) is 2.04. The molecule has 0 aliphatic carbocycles. The van der Waals surface area contributed by atoms with Gasteiger partial charge in [0.2, 0.25) is 0 Å². The molecule has 1 amide bonds. The quantitative estimate of drug-likeness (QED) is 0.452. The summed E-state index contributed by atoms with van der Waals surface area (Å²) in [6, 6.07) is 10.4. The van der Waals surface area contributed by atoms with E-state index in [2.05, 4.69) is 5.32 Å². The van der Waals surface area contributed by atoms with Crippen LogP contribution in [0.25, 0.3) is 0 Å². The van der Waals surface area contributed by atoms with Gasteiger partial charge in [-0.1, -0.05) is 6.07 Å². The van der Waals surface area contributed by atoms with E-state index in [1.165, 1.54) is 62.4 Å². The Bertz CT molecular complexity index is 851. The number of hydrogen-bond donors (Lipinski definition) is 1. The fourth-order valence-electron chi connectivity index (χ4n) is 2.04. The number of rotatable bonds is 7. The van der Waals surface area contributed by atoms with Crippen LogP contribution in [0, 0.1) is 15.9 Å². The molecule has 8 nitrogen and oxygen atoms in total. The van der Waals surface area contributed by atoms with Crippen LogP contribution in [0.2, 0.25) is 0 Å². The maximum Gasteiger partial charge on any atom is 0.350 e. The van der Waals surface area contributed by atoms with E-state index in [1.54, 1.807) is 0 Å². The highest BCUT2D eigenvalue weighted by Crippen LogP contribution is 2.20. The second-order valence-corrected chi connectivity index (χ2v) is 6.00. The van der Waals surface area contributed by atoms with Gasteiger partial charge in [0.25, 0.3) is 11.6 Å². The lowest BCUT2D eigenvalue weighted by Gasteiger charge is -2.24. The van der Waals surface area contributed by atoms with Crippen molar-refractivity contribution < 1.29 is 28.4 Å². The highest BCUT2D eigenvalue weighted by atomic mass is 19.1. The van der Waals surface area contributed by atoms with Gasteiger partial charge in [-0.3, -0.25) is 14.9 Å². The van der Waals surface area contributed by atoms with Crippen LogP contribution in [0.15, 0.2) is 48.5 Å². The van der Waals surface area contributed by atoms with Crippen LogP contribution in [-0.4, -0.2) is 29.0 Å². The predicted molar refractivity (Wildman–Crippen MR) is 93.8 cm³/mol. The van der Waals surface area contributed by atoms with Crippen LogP contribution in [-0.2, 0) is 14.3 Å². The van der Waals surface area contributed by atoms with Crippen LogP contribution < -0.4 is 10.1 Å². The van der Waals surface area contributed by atoms with Crippen LogP contribution in [0.1, 0.15) is 13.8 Å². The van der Waals surface area contributed by atoms with Gasteiger partial charge in [-0.15, -0.1) is 0 Å². The Hall–Kier alpha value is -3.49. The lowest BCUT2D eigenvalue weighted by atomic mass is 10.1. The maximum absolute atomic E-state index is 12.9. The van der Waals surface area contributed by atoms with E-state index in [1.807, 2.05) is 0 Å². The number of hydrogen-bond acceptors (Lipinski definition) is 6. The number of amides is 1. The molecule has 2 aromatic rings. The van der Waals surface area contributed by atoms with Crippen molar-refractivity contribution in [2.45, 2.75) is 19.4 Å². The molecule has 0 aromatic heterocycles. The van der Waals surface area contributed by atoms with Gasteiger partial charge in [-0.05, 0) is 44.2 Å². The molecule has 1 N–H and O–H groups in total. The number of nitro benzene ring substituents is 1. The van der Waals surface area contributed by atoms with E-state index in [0.29, 0.717) is 0 Å². The first-order chi connectivity index (χ1) is 12.7. The van der Waals surface area contributed by atoms with E-state index in [-0.39, 0.29) is 17.1 Å². The lowest BCUT2D eigenvalue weighted by molar-refractivity contribution is -0.384. The van der Waals surface area contributed by atoms with Crippen molar-refractivity contribution in [1.82, 2.24) is 0 Å². The summed E-state index contributed by atoms with van der Waals surface area (Å²) in [5.74, 6) is -1.65. The number of non-ortho nitro benzene ring substituents is 1. The third-order valence-electron chi connectivity index (χ3n) is 3.35. The van der Waals surface area contributed by atoms with Crippen molar-refractivity contribution >= 4 is 23.3 Å². The van der Waals surface area contributed by atoms with Crippen molar-refractivity contribution in [1.29, 1.82) is 0 Å². The minimum Gasteiger partial charge on any atom is -0.476 e. The van der Waals surface area contributed by atoms with Gasteiger partial charge in [-0.25, -0.2) is 9.18 Å². The number of benzene rings is 2. The topological polar surface area (TPSA) is 108 Å². The lowest BCUT2D eigenvalue weighted by Crippen LogP contribution is -2.41. The first kappa shape index (κ1) is 19.8. The Morgan fingerprint density at radius 1 is 1.19 bits per heavy atom. The molecule has 0 fully saturated rings. The molecule has 2 aromatic carbocycles. The van der Waals surface area contributed by atoms with Gasteiger partial charge in [-0.2, -0.15) is 0 Å². The van der Waals surface area contributed by atoms with Crippen molar-refractivity contribution in [3.63, 3.8) is 0 Å². The zero-order valence-electron chi connectivity index (χ0n) is 14.6. The third-order valence-corrected chi connectivity index (χ3v) is 3.35. The molecule has 0 aliphatic rings. The smallest absolute Gasteiger partial charge is 0.350 e. The summed E-state index contributed by atoms with van der Waals surface area (Å²) in [5, 5.41) is 13.1. The van der Waals surface area contributed by atoms with Crippen molar-refractivity contribution in [2.24, 2.45) is 0 Å². The molecule has 0 aliphatic heterocycles. The number of halogens is 1. The first-order valence-corrected chi connectivity index (χ1v) is 7.83. The number of nitrogens with zero attached hydrogens (tertiary/aromatic N) is 1. The molecule has 142 valence electrons. The Morgan fingerprint density at radius 3 is 2.48 bits per heavy atom. The standard InChI is InChI=1S/C18H17FN2O6/c1-18(2,27-15-8-6-12(19)7-9-15)17(23)26-11-16(22)20-13-4-3-5-14(10-13)21(24)25/h3-10H,11H2,1-2H3,(H,20,22). The second-order valence-electron chi connectivity index (χ2n) is 6.00. The molecule has 0 saturated heterocycles. The number of carbonyl (C=O) groups excluding carboxylic acids is 2. The second kappa shape index (κ2) is 8.26. The maximum atomic E-state index is 12.9. The van der Waals surface area contributed by atoms with Gasteiger partial charge in [0.15, 0.2) is 12.2 Å². The van der Waals surface area contributed by atoms with E-state index in [9.17, 15) is 24.1 Å². The molecule has 0 radical (unpaired) electrons. The Balaban J connectivity index is 1.89. The number of nitrogens with one attached hydrogen (secondary N) is 1. The Kier molecular flexibility index (Phi) is 6.07. The number of esters is 1. The zero-order chi connectivity index (χ0) is 20.0. The highest BCUT2D eigenvalue weighted by Gasteiger charge is 2.32. The monoisotopic (exact) mass is 376 g/mol. The number of carbonyl (C=O) groups is 2. The van der Waals surface area contributed by atoms with Gasteiger partial charge < -0.3 is 14.8 Å². The average molecular weight is 376 g/mol. The molecule has 0 saturated carbocycles. The molecule has 0 bridgehead atoms. The summed E-state index contributed by atoms with van der Waals surface area (Å²) < 4.78 is 23.3. The summed E-state index contributed by atoms with van der Waals surface area (Å²) in [4.78, 5) is 34.2. The summed E-state index contributed by atoms with van der Waals surface area (Å²) in [6.07, 6.45) is 0. The van der Waals surface area contributed by atoms with E-state index in [4.69, 9.17) is 9.47 Å². The molecule has 9 heteroatoms. The van der Waals surface area contributed by atoms with E-state index >= 15 is 0 Å². The minimum atomic E-state index is -1.41. The van der Waals surface area contributed by atoms with Crippen molar-refractivity contribution in [3.05, 3.63) is 64.5 Å². The highest BCUT2D eigenvalue weighted by molar-refractivity contribution is 5.93. The van der Waals surface area contributed by atoms with Crippen LogP contribution in [0.4, 0.5) is 15.8 Å². The van der Waals surface area contributed by atoms with Gasteiger partial charge in [0.05, 0.1) is 4.92 Å². The summed E-state index contributed by atoms with van der Waals surface area (Å²) in [5.41, 5.74) is -1.39. The number of ether oxygens (including phenoxy) is 2. The summed E-state index contributed by atoms with van der Waals surface area (Å²) in [6.45, 7) is 2.28. The minimum absolute atomic E-state index is 0.182. The van der Waals surface area contributed by atoms with Crippen LogP contribution in [0.5, 0.6) is 5.75 Å². The molecule has 27 heavy (non-hydrogen) atoms. The molecule has 2 rings (SSSR count). The summed E-state index contributed by atoms with van der Waals surface area (Å²) >= 11 is 0. The normalized spacial score (nSPS) is 10.8. The summed E-state index contributed by atoms with van der Waals surface area (Å²) in [7, 11) is 0. The number of anilines is 1. The molecule has 0 atom stereocenters. The van der Waals surface area contributed by atoms with Gasteiger partial charge >= 0.3 is 5.97 Å².